The Balaban J connectivity index is 1.65. The molecule has 0 unspecified atom stereocenters. The molecule has 0 saturated heterocycles. The SMILES string of the molecule is Cc1ccc(C(=O)NCc2nnc(-c3ccccn3)o2)cc1C. The van der Waals surface area contributed by atoms with Crippen LogP contribution in [0, 0.1) is 13.8 Å². The number of carbonyl (C=O) groups is 1. The molecule has 1 amide bonds. The minimum atomic E-state index is -0.175. The van der Waals surface area contributed by atoms with Crippen molar-refractivity contribution in [2.24, 2.45) is 0 Å². The molecule has 0 fully saturated rings. The average molecular weight is 308 g/mol. The zero-order valence-corrected chi connectivity index (χ0v) is 12.9. The molecule has 116 valence electrons. The highest BCUT2D eigenvalue weighted by molar-refractivity contribution is 5.94. The van der Waals surface area contributed by atoms with E-state index in [1.54, 1.807) is 18.3 Å². The van der Waals surface area contributed by atoms with Gasteiger partial charge in [0.25, 0.3) is 11.8 Å². The van der Waals surface area contributed by atoms with Crippen LogP contribution in [0.25, 0.3) is 11.6 Å². The van der Waals surface area contributed by atoms with Gasteiger partial charge < -0.3 is 9.73 Å². The molecule has 3 aromatic rings. The molecule has 2 aromatic heterocycles. The molecule has 0 aliphatic heterocycles. The van der Waals surface area contributed by atoms with Gasteiger partial charge in [-0.15, -0.1) is 10.2 Å². The second-order valence-corrected chi connectivity index (χ2v) is 5.20. The van der Waals surface area contributed by atoms with Gasteiger partial charge in [0.1, 0.15) is 5.69 Å². The van der Waals surface area contributed by atoms with Crippen molar-refractivity contribution in [3.63, 3.8) is 0 Å². The van der Waals surface area contributed by atoms with E-state index in [4.69, 9.17) is 4.42 Å². The zero-order chi connectivity index (χ0) is 16.2. The van der Waals surface area contributed by atoms with Crippen LogP contribution in [-0.2, 0) is 6.54 Å². The van der Waals surface area contributed by atoms with Gasteiger partial charge >= 0.3 is 0 Å². The highest BCUT2D eigenvalue weighted by atomic mass is 16.4. The fourth-order valence-corrected chi connectivity index (χ4v) is 2.06. The number of amides is 1. The Kier molecular flexibility index (Phi) is 4.14. The number of benzene rings is 1. The lowest BCUT2D eigenvalue weighted by Crippen LogP contribution is -2.23. The van der Waals surface area contributed by atoms with Crippen molar-refractivity contribution in [1.82, 2.24) is 20.5 Å². The second-order valence-electron chi connectivity index (χ2n) is 5.20. The quantitative estimate of drug-likeness (QED) is 0.801. The number of hydrogen-bond donors (Lipinski definition) is 1. The number of aromatic nitrogens is 3. The van der Waals surface area contributed by atoms with Crippen molar-refractivity contribution in [3.05, 3.63) is 65.2 Å². The second kappa shape index (κ2) is 6.39. The van der Waals surface area contributed by atoms with Gasteiger partial charge in [-0.05, 0) is 49.2 Å². The summed E-state index contributed by atoms with van der Waals surface area (Å²) < 4.78 is 5.50. The van der Waals surface area contributed by atoms with Gasteiger partial charge in [-0.3, -0.25) is 9.78 Å². The summed E-state index contributed by atoms with van der Waals surface area (Å²) in [5.41, 5.74) is 3.44. The summed E-state index contributed by atoms with van der Waals surface area (Å²) >= 11 is 0. The van der Waals surface area contributed by atoms with E-state index in [0.29, 0.717) is 23.0 Å². The summed E-state index contributed by atoms with van der Waals surface area (Å²) in [5, 5.41) is 10.6. The summed E-state index contributed by atoms with van der Waals surface area (Å²) in [7, 11) is 0. The van der Waals surface area contributed by atoms with Crippen molar-refractivity contribution in [2.75, 3.05) is 0 Å². The van der Waals surface area contributed by atoms with Crippen LogP contribution in [0.5, 0.6) is 0 Å². The molecular formula is C17H16N4O2. The van der Waals surface area contributed by atoms with E-state index in [-0.39, 0.29) is 12.5 Å². The number of rotatable bonds is 4. The molecule has 23 heavy (non-hydrogen) atoms. The summed E-state index contributed by atoms with van der Waals surface area (Å²) in [6.45, 7) is 4.16. The predicted octanol–water partition coefficient (Wildman–Crippen LogP) is 2.68. The van der Waals surface area contributed by atoms with Crippen molar-refractivity contribution < 1.29 is 9.21 Å². The zero-order valence-electron chi connectivity index (χ0n) is 12.9. The Morgan fingerprint density at radius 1 is 1.13 bits per heavy atom. The summed E-state index contributed by atoms with van der Waals surface area (Å²) in [6.07, 6.45) is 1.65. The van der Waals surface area contributed by atoms with Crippen molar-refractivity contribution in [2.45, 2.75) is 20.4 Å². The smallest absolute Gasteiger partial charge is 0.266 e. The minimum Gasteiger partial charge on any atom is -0.417 e. The van der Waals surface area contributed by atoms with Gasteiger partial charge in [-0.25, -0.2) is 0 Å². The topological polar surface area (TPSA) is 80.9 Å². The first-order chi connectivity index (χ1) is 11.1. The average Bonchev–Trinajstić information content (AvgIpc) is 3.05. The van der Waals surface area contributed by atoms with E-state index in [0.717, 1.165) is 11.1 Å². The maximum Gasteiger partial charge on any atom is 0.266 e. The van der Waals surface area contributed by atoms with E-state index in [1.807, 2.05) is 38.1 Å². The highest BCUT2D eigenvalue weighted by Crippen LogP contribution is 2.14. The Hall–Kier alpha value is -3.02. The Morgan fingerprint density at radius 2 is 2.00 bits per heavy atom. The van der Waals surface area contributed by atoms with Crippen molar-refractivity contribution in [1.29, 1.82) is 0 Å². The van der Waals surface area contributed by atoms with Crippen LogP contribution in [0.2, 0.25) is 0 Å². The minimum absolute atomic E-state index is 0.172. The normalized spacial score (nSPS) is 10.5. The summed E-state index contributed by atoms with van der Waals surface area (Å²) in [5.74, 6) is 0.495. The van der Waals surface area contributed by atoms with Gasteiger partial charge in [0, 0.05) is 11.8 Å². The molecule has 6 nitrogen and oxygen atoms in total. The third-order valence-corrected chi connectivity index (χ3v) is 3.52. The number of nitrogens with zero attached hydrogens (tertiary/aromatic N) is 3. The van der Waals surface area contributed by atoms with Crippen LogP contribution in [-0.4, -0.2) is 21.1 Å². The summed E-state index contributed by atoms with van der Waals surface area (Å²) in [6, 6.07) is 11.0. The molecule has 0 aliphatic carbocycles. The number of aryl methyl sites for hydroxylation is 2. The molecule has 6 heteroatoms. The van der Waals surface area contributed by atoms with E-state index in [9.17, 15) is 4.79 Å². The van der Waals surface area contributed by atoms with Crippen molar-refractivity contribution >= 4 is 5.91 Å². The lowest BCUT2D eigenvalue weighted by atomic mass is 10.1. The molecule has 0 bridgehead atoms. The van der Waals surface area contributed by atoms with Gasteiger partial charge in [0.05, 0.1) is 6.54 Å². The molecule has 0 spiro atoms. The molecule has 0 radical (unpaired) electrons. The van der Waals surface area contributed by atoms with Crippen LogP contribution >= 0.6 is 0 Å². The fourth-order valence-electron chi connectivity index (χ4n) is 2.06. The lowest BCUT2D eigenvalue weighted by Gasteiger charge is -2.05. The number of carbonyl (C=O) groups excluding carboxylic acids is 1. The van der Waals surface area contributed by atoms with Gasteiger partial charge in [0.15, 0.2) is 0 Å². The molecule has 0 atom stereocenters. The monoisotopic (exact) mass is 308 g/mol. The van der Waals surface area contributed by atoms with Crippen LogP contribution in [0.4, 0.5) is 0 Å². The Labute approximate surface area is 133 Å². The van der Waals surface area contributed by atoms with Crippen molar-refractivity contribution in [3.8, 4) is 11.6 Å². The van der Waals surface area contributed by atoms with E-state index in [2.05, 4.69) is 20.5 Å². The molecule has 0 saturated carbocycles. The summed E-state index contributed by atoms with van der Waals surface area (Å²) in [4.78, 5) is 16.3. The molecule has 1 aromatic carbocycles. The van der Waals surface area contributed by atoms with E-state index in [1.165, 1.54) is 0 Å². The maximum atomic E-state index is 12.1. The maximum absolute atomic E-state index is 12.1. The third-order valence-electron chi connectivity index (χ3n) is 3.52. The predicted molar refractivity (Wildman–Crippen MR) is 84.6 cm³/mol. The van der Waals surface area contributed by atoms with E-state index < -0.39 is 0 Å². The van der Waals surface area contributed by atoms with Crippen LogP contribution in [0.3, 0.4) is 0 Å². The largest absolute Gasteiger partial charge is 0.417 e. The van der Waals surface area contributed by atoms with Crippen LogP contribution < -0.4 is 5.32 Å². The Bertz CT molecular complexity index is 828. The lowest BCUT2D eigenvalue weighted by molar-refractivity contribution is 0.0947. The standard InChI is InChI=1S/C17H16N4O2/c1-11-6-7-13(9-12(11)2)16(22)19-10-15-20-21-17(23-15)14-5-3-4-8-18-14/h3-9H,10H2,1-2H3,(H,19,22). The van der Waals surface area contributed by atoms with E-state index >= 15 is 0 Å². The van der Waals surface area contributed by atoms with Crippen LogP contribution in [0.15, 0.2) is 47.0 Å². The first-order valence-corrected chi connectivity index (χ1v) is 7.23. The highest BCUT2D eigenvalue weighted by Gasteiger charge is 2.11. The van der Waals surface area contributed by atoms with Gasteiger partial charge in [0.2, 0.25) is 5.89 Å². The fraction of sp³-hybridized carbons (Fsp3) is 0.176. The first kappa shape index (κ1) is 14.9. The molecule has 3 rings (SSSR count). The molecule has 0 aliphatic rings. The van der Waals surface area contributed by atoms with Crippen LogP contribution in [0.1, 0.15) is 27.4 Å². The molecular weight excluding hydrogens is 292 g/mol. The third kappa shape index (κ3) is 3.42. The number of nitrogens with one attached hydrogen (secondary N) is 1. The molecule has 2 heterocycles. The first-order valence-electron chi connectivity index (χ1n) is 7.23. The van der Waals surface area contributed by atoms with Gasteiger partial charge in [-0.1, -0.05) is 12.1 Å². The number of pyridine rings is 1. The van der Waals surface area contributed by atoms with Gasteiger partial charge in [-0.2, -0.15) is 0 Å². The molecule has 1 N–H and O–H groups in total. The number of hydrogen-bond acceptors (Lipinski definition) is 5. The Morgan fingerprint density at radius 3 is 2.74 bits per heavy atom.